The maximum absolute atomic E-state index is 13.1. The first kappa shape index (κ1) is 22.5. The molecule has 9 nitrogen and oxygen atoms in total. The van der Waals surface area contributed by atoms with E-state index in [1.54, 1.807) is 6.92 Å². The van der Waals surface area contributed by atoms with E-state index in [0.717, 1.165) is 50.2 Å². The minimum Gasteiger partial charge on any atom is -0.310 e. The summed E-state index contributed by atoms with van der Waals surface area (Å²) in [6.07, 6.45) is 0.448. The minimum absolute atomic E-state index is 0.0327. The van der Waals surface area contributed by atoms with E-state index in [0.29, 0.717) is 11.4 Å². The zero-order chi connectivity index (χ0) is 25.2. The molecule has 1 N–H and O–H groups in total. The fourth-order valence-corrected chi connectivity index (χ4v) is 5.19. The number of halogens is 3. The number of H-pyrrole nitrogens is 1. The van der Waals surface area contributed by atoms with Gasteiger partial charge in [0.15, 0.2) is 11.3 Å². The fourth-order valence-electron chi connectivity index (χ4n) is 5.19. The molecule has 4 aromatic rings. The van der Waals surface area contributed by atoms with Gasteiger partial charge in [0.05, 0.1) is 11.7 Å². The minimum atomic E-state index is -4.55. The summed E-state index contributed by atoms with van der Waals surface area (Å²) >= 11 is 0. The van der Waals surface area contributed by atoms with Crippen LogP contribution < -0.4 is 5.56 Å². The molecule has 0 saturated heterocycles. The number of hydrogen-bond donors (Lipinski definition) is 1. The van der Waals surface area contributed by atoms with Crippen LogP contribution in [0.5, 0.6) is 0 Å². The average molecular weight is 494 g/mol. The smallest absolute Gasteiger partial charge is 0.310 e. The number of aromatic amines is 1. The van der Waals surface area contributed by atoms with Crippen LogP contribution in [-0.4, -0.2) is 34.5 Å². The highest BCUT2D eigenvalue weighted by molar-refractivity contribution is 5.80. The predicted molar refractivity (Wildman–Crippen MR) is 121 cm³/mol. The summed E-state index contributed by atoms with van der Waals surface area (Å²) in [5, 5.41) is 18.7. The van der Waals surface area contributed by atoms with Crippen molar-refractivity contribution in [2.24, 2.45) is 0 Å². The largest absolute Gasteiger partial charge is 0.433 e. The molecule has 0 unspecified atom stereocenters. The lowest BCUT2D eigenvalue weighted by molar-refractivity contribution is -0.141. The Kier molecular flexibility index (Phi) is 5.00. The second-order valence-corrected chi connectivity index (χ2v) is 9.38. The molecule has 36 heavy (non-hydrogen) atoms. The number of nitrogens with one attached hydrogen (secondary N) is 1. The first-order chi connectivity index (χ1) is 17.2. The Labute approximate surface area is 202 Å². The van der Waals surface area contributed by atoms with Gasteiger partial charge in [-0.25, -0.2) is 9.67 Å². The van der Waals surface area contributed by atoms with E-state index < -0.39 is 23.5 Å². The molecule has 3 atom stereocenters. The molecule has 0 aromatic carbocycles. The second kappa shape index (κ2) is 8.01. The Morgan fingerprint density at radius 2 is 2.03 bits per heavy atom. The maximum Gasteiger partial charge on any atom is 0.433 e. The summed E-state index contributed by atoms with van der Waals surface area (Å²) in [6.45, 7) is 2.62. The SMILES string of the molecule is C[C@@H](c1ccc(C(F)(F)F)nc1)n1nc(C#N)c2c(=O)[nH]c([C@H]3CC[C@@H]3c3cc4n(n3)CCC4)nc21. The molecule has 6 rings (SSSR count). The average Bonchev–Trinajstić information content (AvgIpc) is 3.51. The van der Waals surface area contributed by atoms with Crippen LogP contribution >= 0.6 is 0 Å². The number of pyridine rings is 1. The van der Waals surface area contributed by atoms with Gasteiger partial charge in [0.2, 0.25) is 0 Å². The quantitative estimate of drug-likeness (QED) is 0.461. The van der Waals surface area contributed by atoms with Gasteiger partial charge in [-0.1, -0.05) is 6.07 Å². The van der Waals surface area contributed by atoms with Crippen LogP contribution in [0.3, 0.4) is 0 Å². The third-order valence-corrected chi connectivity index (χ3v) is 7.30. The van der Waals surface area contributed by atoms with Gasteiger partial charge >= 0.3 is 6.18 Å². The summed E-state index contributed by atoms with van der Waals surface area (Å²) in [6, 6.07) is 5.67. The molecule has 1 aliphatic heterocycles. The first-order valence-electron chi connectivity index (χ1n) is 11.8. The number of nitriles is 1. The van der Waals surface area contributed by atoms with Crippen LogP contribution in [0.15, 0.2) is 29.2 Å². The van der Waals surface area contributed by atoms with Gasteiger partial charge in [-0.2, -0.15) is 28.6 Å². The molecule has 0 bridgehead atoms. The number of nitrogens with zero attached hydrogens (tertiary/aromatic N) is 7. The number of aromatic nitrogens is 7. The van der Waals surface area contributed by atoms with Gasteiger partial charge in [0.1, 0.15) is 23.0 Å². The van der Waals surface area contributed by atoms with Gasteiger partial charge in [-0.05, 0) is 50.3 Å². The molecule has 12 heteroatoms. The lowest BCUT2D eigenvalue weighted by atomic mass is 9.71. The van der Waals surface area contributed by atoms with E-state index in [-0.39, 0.29) is 28.6 Å². The van der Waals surface area contributed by atoms with Crippen LogP contribution in [-0.2, 0) is 19.1 Å². The van der Waals surface area contributed by atoms with Gasteiger partial charge < -0.3 is 4.98 Å². The van der Waals surface area contributed by atoms with E-state index in [4.69, 9.17) is 10.1 Å². The van der Waals surface area contributed by atoms with Crippen LogP contribution in [0, 0.1) is 11.3 Å². The number of hydrogen-bond acceptors (Lipinski definition) is 6. The van der Waals surface area contributed by atoms with Crippen molar-refractivity contribution in [3.8, 4) is 6.07 Å². The van der Waals surface area contributed by atoms with E-state index in [9.17, 15) is 23.2 Å². The van der Waals surface area contributed by atoms with Crippen molar-refractivity contribution in [2.45, 2.75) is 63.2 Å². The molecule has 4 aromatic heterocycles. The fraction of sp³-hybridized carbons (Fsp3) is 0.417. The lowest BCUT2D eigenvalue weighted by Crippen LogP contribution is -2.27. The van der Waals surface area contributed by atoms with Gasteiger partial charge in [-0.3, -0.25) is 14.5 Å². The van der Waals surface area contributed by atoms with Crippen molar-refractivity contribution in [1.29, 1.82) is 5.26 Å². The highest BCUT2D eigenvalue weighted by atomic mass is 19.4. The van der Waals surface area contributed by atoms with Crippen molar-refractivity contribution >= 4 is 11.0 Å². The topological polar surface area (TPSA) is 118 Å². The van der Waals surface area contributed by atoms with Crippen LogP contribution in [0.25, 0.3) is 11.0 Å². The number of rotatable bonds is 4. The van der Waals surface area contributed by atoms with Crippen LogP contribution in [0.1, 0.15) is 78.2 Å². The van der Waals surface area contributed by atoms with Crippen molar-refractivity contribution in [2.75, 3.05) is 0 Å². The van der Waals surface area contributed by atoms with E-state index in [1.165, 1.54) is 16.4 Å². The van der Waals surface area contributed by atoms with E-state index in [2.05, 4.69) is 21.1 Å². The van der Waals surface area contributed by atoms with Crippen LogP contribution in [0.4, 0.5) is 13.2 Å². The highest BCUT2D eigenvalue weighted by Gasteiger charge is 2.38. The van der Waals surface area contributed by atoms with Crippen molar-refractivity contribution in [3.63, 3.8) is 0 Å². The molecular formula is C24H21F3N8O. The Morgan fingerprint density at radius 1 is 1.22 bits per heavy atom. The molecule has 2 aliphatic rings. The maximum atomic E-state index is 13.1. The summed E-state index contributed by atoms with van der Waals surface area (Å²) in [4.78, 5) is 24.2. The Hall–Kier alpha value is -4.01. The number of aryl methyl sites for hydroxylation is 2. The molecule has 184 valence electrons. The van der Waals surface area contributed by atoms with E-state index in [1.807, 2.05) is 10.8 Å². The van der Waals surface area contributed by atoms with Crippen molar-refractivity contribution in [1.82, 2.24) is 34.5 Å². The molecule has 5 heterocycles. The first-order valence-corrected chi connectivity index (χ1v) is 11.8. The van der Waals surface area contributed by atoms with Gasteiger partial charge in [0.25, 0.3) is 5.56 Å². The lowest BCUT2D eigenvalue weighted by Gasteiger charge is -2.34. The monoisotopic (exact) mass is 494 g/mol. The van der Waals surface area contributed by atoms with E-state index >= 15 is 0 Å². The number of fused-ring (bicyclic) bond motifs is 2. The summed E-state index contributed by atoms with van der Waals surface area (Å²) in [5.41, 5.74) is 1.33. The predicted octanol–water partition coefficient (Wildman–Crippen LogP) is 3.82. The summed E-state index contributed by atoms with van der Waals surface area (Å²) in [5.74, 6) is 0.599. The Morgan fingerprint density at radius 3 is 2.67 bits per heavy atom. The molecule has 0 spiro atoms. The third-order valence-electron chi connectivity index (χ3n) is 7.30. The van der Waals surface area contributed by atoms with Crippen molar-refractivity contribution in [3.05, 3.63) is 68.9 Å². The Bertz CT molecular complexity index is 1550. The zero-order valence-electron chi connectivity index (χ0n) is 19.2. The summed E-state index contributed by atoms with van der Waals surface area (Å²) < 4.78 is 42.3. The van der Waals surface area contributed by atoms with Gasteiger partial charge in [-0.15, -0.1) is 0 Å². The van der Waals surface area contributed by atoms with Crippen LogP contribution in [0.2, 0.25) is 0 Å². The molecule has 0 amide bonds. The molecule has 1 saturated carbocycles. The van der Waals surface area contributed by atoms with Crippen molar-refractivity contribution < 1.29 is 13.2 Å². The second-order valence-electron chi connectivity index (χ2n) is 9.38. The standard InChI is InChI=1S/C24H21F3N8O/c1-12(13-4-7-19(29-11-13)24(25,26)27)35-22-20(18(10-28)33-35)23(36)31-21(30-22)16-6-5-15(16)17-9-14-3-2-8-34(14)32-17/h4,7,9,11-12,15-16H,2-3,5-6,8H2,1H3,(H,30,31,36)/t12-,15-,16-/m0/s1. The molecule has 1 fully saturated rings. The third kappa shape index (κ3) is 3.49. The van der Waals surface area contributed by atoms with Gasteiger partial charge in [0, 0.05) is 30.3 Å². The summed E-state index contributed by atoms with van der Waals surface area (Å²) in [7, 11) is 0. The molecular weight excluding hydrogens is 473 g/mol. The molecule has 1 aliphatic carbocycles. The highest BCUT2D eigenvalue weighted by Crippen LogP contribution is 2.48. The zero-order valence-corrected chi connectivity index (χ0v) is 19.2. The normalized spacial score (nSPS) is 20.2. The Balaban J connectivity index is 1.39. The number of alkyl halides is 3. The molecule has 0 radical (unpaired) electrons.